The van der Waals surface area contributed by atoms with Crippen molar-refractivity contribution in [2.24, 2.45) is 0 Å². The van der Waals surface area contributed by atoms with Crippen LogP contribution < -0.4 is 5.73 Å². The summed E-state index contributed by atoms with van der Waals surface area (Å²) in [5.41, 5.74) is 9.71. The standard InChI is InChI=1S/C15H13F2N3/c1-8-5-9(2)20-13(6-8)19-14(15(20)18)10-3-4-11(16)12(17)7-10/h3-7H,18H2,1-2H3. The van der Waals surface area contributed by atoms with E-state index in [0.717, 1.165) is 23.4 Å². The molecule has 0 saturated heterocycles. The van der Waals surface area contributed by atoms with Gasteiger partial charge in [0.2, 0.25) is 0 Å². The number of hydrogen-bond donors (Lipinski definition) is 1. The number of aromatic nitrogens is 2. The summed E-state index contributed by atoms with van der Waals surface area (Å²) in [7, 11) is 0. The third-order valence-electron chi connectivity index (χ3n) is 3.28. The van der Waals surface area contributed by atoms with Crippen LogP contribution in [0, 0.1) is 25.5 Å². The van der Waals surface area contributed by atoms with Gasteiger partial charge in [0.15, 0.2) is 11.6 Å². The van der Waals surface area contributed by atoms with Gasteiger partial charge in [0.1, 0.15) is 17.2 Å². The lowest BCUT2D eigenvalue weighted by molar-refractivity contribution is 0.509. The Hall–Kier alpha value is -2.43. The van der Waals surface area contributed by atoms with Gasteiger partial charge in [0.25, 0.3) is 0 Å². The number of nitrogens with two attached hydrogens (primary N) is 1. The number of nitrogen functional groups attached to an aromatic ring is 1. The Bertz CT molecular complexity index is 822. The summed E-state index contributed by atoms with van der Waals surface area (Å²) in [4.78, 5) is 4.42. The van der Waals surface area contributed by atoms with Crippen LogP contribution in [0.1, 0.15) is 11.3 Å². The van der Waals surface area contributed by atoms with Gasteiger partial charge in [-0.1, -0.05) is 0 Å². The molecule has 0 aliphatic heterocycles. The first kappa shape index (κ1) is 12.6. The highest BCUT2D eigenvalue weighted by Crippen LogP contribution is 2.28. The van der Waals surface area contributed by atoms with Crippen molar-refractivity contribution < 1.29 is 8.78 Å². The van der Waals surface area contributed by atoms with Crippen molar-refractivity contribution in [3.8, 4) is 11.3 Å². The molecule has 0 aliphatic rings. The highest BCUT2D eigenvalue weighted by Gasteiger charge is 2.14. The van der Waals surface area contributed by atoms with Crippen LogP contribution >= 0.6 is 0 Å². The predicted octanol–water partition coefficient (Wildman–Crippen LogP) is 3.48. The predicted molar refractivity (Wildman–Crippen MR) is 74.4 cm³/mol. The summed E-state index contributed by atoms with van der Waals surface area (Å²) >= 11 is 0. The van der Waals surface area contributed by atoms with Crippen LogP contribution in [0.4, 0.5) is 14.6 Å². The largest absolute Gasteiger partial charge is 0.383 e. The first-order valence-corrected chi connectivity index (χ1v) is 6.18. The highest BCUT2D eigenvalue weighted by atomic mass is 19.2. The average molecular weight is 273 g/mol. The molecule has 0 unspecified atom stereocenters. The number of rotatable bonds is 1. The Kier molecular flexibility index (Phi) is 2.71. The molecule has 0 spiro atoms. The van der Waals surface area contributed by atoms with Crippen LogP contribution in [-0.2, 0) is 0 Å². The van der Waals surface area contributed by atoms with Crippen molar-refractivity contribution in [1.29, 1.82) is 0 Å². The summed E-state index contributed by atoms with van der Waals surface area (Å²) in [5, 5.41) is 0. The fraction of sp³-hybridized carbons (Fsp3) is 0.133. The number of imidazole rings is 1. The second kappa shape index (κ2) is 4.30. The third kappa shape index (κ3) is 1.82. The van der Waals surface area contributed by atoms with Crippen molar-refractivity contribution in [1.82, 2.24) is 9.38 Å². The number of pyridine rings is 1. The number of aryl methyl sites for hydroxylation is 2. The fourth-order valence-electron chi connectivity index (χ4n) is 2.41. The molecule has 1 aromatic carbocycles. The van der Waals surface area contributed by atoms with Gasteiger partial charge in [0.05, 0.1) is 0 Å². The van der Waals surface area contributed by atoms with Crippen LogP contribution in [0.2, 0.25) is 0 Å². The molecule has 20 heavy (non-hydrogen) atoms. The number of anilines is 1. The van der Waals surface area contributed by atoms with E-state index in [0.29, 0.717) is 22.7 Å². The van der Waals surface area contributed by atoms with Crippen molar-refractivity contribution in [2.45, 2.75) is 13.8 Å². The van der Waals surface area contributed by atoms with E-state index < -0.39 is 11.6 Å². The third-order valence-corrected chi connectivity index (χ3v) is 3.28. The average Bonchev–Trinajstić information content (AvgIpc) is 2.70. The van der Waals surface area contributed by atoms with Crippen LogP contribution in [-0.4, -0.2) is 9.38 Å². The molecule has 3 nitrogen and oxygen atoms in total. The number of hydrogen-bond acceptors (Lipinski definition) is 2. The lowest BCUT2D eigenvalue weighted by atomic mass is 10.1. The van der Waals surface area contributed by atoms with Crippen LogP contribution in [0.5, 0.6) is 0 Å². The Balaban J connectivity index is 2.29. The molecule has 0 aliphatic carbocycles. The van der Waals surface area contributed by atoms with Gasteiger partial charge in [-0.15, -0.1) is 0 Å². The molecule has 2 aromatic heterocycles. The zero-order chi connectivity index (χ0) is 14.4. The smallest absolute Gasteiger partial charge is 0.159 e. The number of halogens is 2. The molecule has 5 heteroatoms. The number of benzene rings is 1. The first-order chi connectivity index (χ1) is 9.47. The maximum absolute atomic E-state index is 13.3. The minimum Gasteiger partial charge on any atom is -0.383 e. The van der Waals surface area contributed by atoms with Gasteiger partial charge < -0.3 is 5.73 Å². The summed E-state index contributed by atoms with van der Waals surface area (Å²) in [5.74, 6) is -1.38. The molecule has 0 saturated carbocycles. The van der Waals surface area contributed by atoms with Crippen molar-refractivity contribution in [3.05, 3.63) is 53.2 Å². The topological polar surface area (TPSA) is 43.3 Å². The summed E-state index contributed by atoms with van der Waals surface area (Å²) in [6.07, 6.45) is 0. The van der Waals surface area contributed by atoms with Crippen molar-refractivity contribution >= 4 is 11.5 Å². The molecular formula is C15H13F2N3. The van der Waals surface area contributed by atoms with Crippen LogP contribution in [0.15, 0.2) is 30.3 Å². The number of fused-ring (bicyclic) bond motifs is 1. The lowest BCUT2D eigenvalue weighted by Gasteiger charge is -2.04. The van der Waals surface area contributed by atoms with Crippen molar-refractivity contribution in [3.63, 3.8) is 0 Å². The van der Waals surface area contributed by atoms with Crippen molar-refractivity contribution in [2.75, 3.05) is 5.73 Å². The molecule has 2 heterocycles. The number of nitrogens with zero attached hydrogens (tertiary/aromatic N) is 2. The maximum atomic E-state index is 13.3. The van der Waals surface area contributed by atoms with Crippen LogP contribution in [0.3, 0.4) is 0 Å². The van der Waals surface area contributed by atoms with Gasteiger partial charge in [-0.3, -0.25) is 4.40 Å². The SMILES string of the molecule is Cc1cc(C)n2c(N)c(-c3ccc(F)c(F)c3)nc2c1. The second-order valence-electron chi connectivity index (χ2n) is 4.84. The van der Waals surface area contributed by atoms with Crippen LogP contribution in [0.25, 0.3) is 16.9 Å². The molecular weight excluding hydrogens is 260 g/mol. The molecule has 3 aromatic rings. The molecule has 0 amide bonds. The first-order valence-electron chi connectivity index (χ1n) is 6.18. The van der Waals surface area contributed by atoms with E-state index in [9.17, 15) is 8.78 Å². The summed E-state index contributed by atoms with van der Waals surface area (Å²) < 4.78 is 28.1. The lowest BCUT2D eigenvalue weighted by Crippen LogP contribution is -1.98. The maximum Gasteiger partial charge on any atom is 0.159 e. The van der Waals surface area contributed by atoms with E-state index in [2.05, 4.69) is 4.98 Å². The molecule has 0 fully saturated rings. The monoisotopic (exact) mass is 273 g/mol. The Morgan fingerprint density at radius 3 is 2.50 bits per heavy atom. The molecule has 2 N–H and O–H groups in total. The molecule has 3 rings (SSSR count). The molecule has 0 bridgehead atoms. The van der Waals surface area contributed by atoms with E-state index in [1.165, 1.54) is 6.07 Å². The highest BCUT2D eigenvalue weighted by molar-refractivity contribution is 5.75. The zero-order valence-corrected chi connectivity index (χ0v) is 11.1. The minimum atomic E-state index is -0.910. The Morgan fingerprint density at radius 1 is 1.05 bits per heavy atom. The van der Waals surface area contributed by atoms with E-state index in [1.807, 2.05) is 26.0 Å². The summed E-state index contributed by atoms with van der Waals surface area (Å²) in [6.45, 7) is 3.89. The van der Waals surface area contributed by atoms with Gasteiger partial charge in [-0.05, 0) is 49.7 Å². The minimum absolute atomic E-state index is 0.420. The van der Waals surface area contributed by atoms with Gasteiger partial charge in [-0.2, -0.15) is 0 Å². The second-order valence-corrected chi connectivity index (χ2v) is 4.84. The zero-order valence-electron chi connectivity index (χ0n) is 11.1. The quantitative estimate of drug-likeness (QED) is 0.737. The van der Waals surface area contributed by atoms with Gasteiger partial charge in [0, 0.05) is 11.3 Å². The molecule has 0 radical (unpaired) electrons. The van der Waals surface area contributed by atoms with E-state index in [-0.39, 0.29) is 0 Å². The Labute approximate surface area is 114 Å². The molecule has 0 atom stereocenters. The van der Waals surface area contributed by atoms with Gasteiger partial charge >= 0.3 is 0 Å². The molecule has 102 valence electrons. The normalized spacial score (nSPS) is 11.2. The fourth-order valence-corrected chi connectivity index (χ4v) is 2.41. The Morgan fingerprint density at radius 2 is 1.80 bits per heavy atom. The van der Waals surface area contributed by atoms with Gasteiger partial charge in [-0.25, -0.2) is 13.8 Å². The van der Waals surface area contributed by atoms with E-state index in [4.69, 9.17) is 5.73 Å². The summed E-state index contributed by atoms with van der Waals surface area (Å²) in [6, 6.07) is 7.54. The van der Waals surface area contributed by atoms with E-state index in [1.54, 1.807) is 4.40 Å². The van der Waals surface area contributed by atoms with E-state index >= 15 is 0 Å².